The SMILES string of the molecule is CCCCc1nc(C)c(CC(=S)N2CCCCC2)c(=O)n1Cc1ccc(-c2ccccc2-c2nn[nH]n2)cc1. The van der Waals surface area contributed by atoms with Gasteiger partial charge in [-0.15, -0.1) is 10.2 Å². The molecule has 1 fully saturated rings. The van der Waals surface area contributed by atoms with Crippen LogP contribution in [0.2, 0.25) is 0 Å². The highest BCUT2D eigenvalue weighted by atomic mass is 32.1. The summed E-state index contributed by atoms with van der Waals surface area (Å²) >= 11 is 5.79. The first-order valence-corrected chi connectivity index (χ1v) is 14.2. The van der Waals surface area contributed by atoms with E-state index in [-0.39, 0.29) is 5.56 Å². The Hall–Kier alpha value is -3.72. The molecule has 39 heavy (non-hydrogen) atoms. The molecule has 3 heterocycles. The molecule has 1 saturated heterocycles. The van der Waals surface area contributed by atoms with Crippen molar-refractivity contribution in [2.45, 2.75) is 65.3 Å². The Kier molecular flexibility index (Phi) is 8.56. The fourth-order valence-corrected chi connectivity index (χ4v) is 5.56. The number of nitrogens with one attached hydrogen (secondary N) is 1. The maximum absolute atomic E-state index is 13.9. The van der Waals surface area contributed by atoms with Gasteiger partial charge in [0.1, 0.15) is 5.82 Å². The van der Waals surface area contributed by atoms with Crippen molar-refractivity contribution in [2.24, 2.45) is 0 Å². The van der Waals surface area contributed by atoms with E-state index in [0.29, 0.717) is 18.8 Å². The van der Waals surface area contributed by atoms with Gasteiger partial charge in [-0.2, -0.15) is 5.21 Å². The molecule has 0 bridgehead atoms. The minimum absolute atomic E-state index is 0.0273. The highest BCUT2D eigenvalue weighted by Crippen LogP contribution is 2.29. The fourth-order valence-electron chi connectivity index (χ4n) is 5.23. The van der Waals surface area contributed by atoms with Gasteiger partial charge in [0.15, 0.2) is 0 Å². The lowest BCUT2D eigenvalue weighted by molar-refractivity contribution is 0.343. The molecule has 0 saturated carbocycles. The van der Waals surface area contributed by atoms with Gasteiger partial charge in [0, 0.05) is 42.8 Å². The van der Waals surface area contributed by atoms with Crippen LogP contribution in [0, 0.1) is 6.92 Å². The highest BCUT2D eigenvalue weighted by molar-refractivity contribution is 7.80. The number of piperidine rings is 1. The number of aromatic amines is 1. The molecule has 0 spiro atoms. The minimum Gasteiger partial charge on any atom is -0.366 e. The zero-order chi connectivity index (χ0) is 27.2. The first-order valence-electron chi connectivity index (χ1n) is 13.8. The summed E-state index contributed by atoms with van der Waals surface area (Å²) in [5.41, 5.74) is 5.58. The number of rotatable bonds is 9. The number of hydrogen-bond acceptors (Lipinski definition) is 6. The van der Waals surface area contributed by atoms with E-state index in [9.17, 15) is 4.79 Å². The van der Waals surface area contributed by atoms with Gasteiger partial charge >= 0.3 is 0 Å². The lowest BCUT2D eigenvalue weighted by Crippen LogP contribution is -2.38. The molecular weight excluding hydrogens is 506 g/mol. The standard InChI is InChI=1S/C30H35N7OS/c1-3-4-12-27-31-21(2)26(19-28(39)36-17-8-5-9-18-36)30(38)37(27)20-22-13-15-23(16-14-22)24-10-6-7-11-25(24)29-32-34-35-33-29/h6-7,10-11,13-16H,3-5,8-9,12,17-20H2,1-2H3,(H,32,33,34,35). The lowest BCUT2D eigenvalue weighted by Gasteiger charge is -2.29. The molecule has 1 aliphatic heterocycles. The third-order valence-electron chi connectivity index (χ3n) is 7.46. The second-order valence-corrected chi connectivity index (χ2v) is 10.7. The Balaban J connectivity index is 1.43. The molecule has 0 radical (unpaired) electrons. The third kappa shape index (κ3) is 6.14. The number of H-pyrrole nitrogens is 1. The van der Waals surface area contributed by atoms with Crippen LogP contribution in [0.4, 0.5) is 0 Å². The molecule has 0 aliphatic carbocycles. The van der Waals surface area contributed by atoms with E-state index in [1.54, 1.807) is 0 Å². The summed E-state index contributed by atoms with van der Waals surface area (Å²) in [4.78, 5) is 21.9. The number of aryl methyl sites for hydroxylation is 2. The van der Waals surface area contributed by atoms with Crippen molar-refractivity contribution in [3.8, 4) is 22.5 Å². The Morgan fingerprint density at radius 1 is 1.03 bits per heavy atom. The van der Waals surface area contributed by atoms with Gasteiger partial charge in [-0.25, -0.2) is 4.98 Å². The smallest absolute Gasteiger partial charge is 0.257 e. The quantitative estimate of drug-likeness (QED) is 0.293. The molecule has 1 aliphatic rings. The molecule has 2 aromatic heterocycles. The number of nitrogens with zero attached hydrogens (tertiary/aromatic N) is 6. The summed E-state index contributed by atoms with van der Waals surface area (Å²) < 4.78 is 1.86. The van der Waals surface area contributed by atoms with Gasteiger partial charge in [-0.1, -0.05) is 74.1 Å². The van der Waals surface area contributed by atoms with Gasteiger partial charge in [0.2, 0.25) is 5.82 Å². The van der Waals surface area contributed by atoms with Crippen LogP contribution in [0.3, 0.4) is 0 Å². The van der Waals surface area contributed by atoms with Crippen molar-refractivity contribution >= 4 is 17.2 Å². The summed E-state index contributed by atoms with van der Waals surface area (Å²) in [6.07, 6.45) is 6.86. The maximum Gasteiger partial charge on any atom is 0.257 e. The average molecular weight is 542 g/mol. The number of likely N-dealkylation sites (tertiary alicyclic amines) is 1. The second kappa shape index (κ2) is 12.4. The van der Waals surface area contributed by atoms with E-state index in [2.05, 4.69) is 62.8 Å². The van der Waals surface area contributed by atoms with Gasteiger partial charge in [0.25, 0.3) is 5.56 Å². The van der Waals surface area contributed by atoms with Crippen LogP contribution in [0.1, 0.15) is 61.7 Å². The van der Waals surface area contributed by atoms with E-state index >= 15 is 0 Å². The normalized spacial score (nSPS) is 13.5. The van der Waals surface area contributed by atoms with E-state index < -0.39 is 0 Å². The molecule has 2 aromatic carbocycles. The Morgan fingerprint density at radius 2 is 1.77 bits per heavy atom. The van der Waals surface area contributed by atoms with Crippen LogP contribution < -0.4 is 5.56 Å². The molecule has 9 heteroatoms. The van der Waals surface area contributed by atoms with Crippen LogP contribution in [-0.4, -0.2) is 53.2 Å². The van der Waals surface area contributed by atoms with Crippen molar-refractivity contribution < 1.29 is 0 Å². The number of thiocarbonyl (C=S) groups is 1. The summed E-state index contributed by atoms with van der Waals surface area (Å²) in [6, 6.07) is 16.3. The molecule has 4 aromatic rings. The molecule has 8 nitrogen and oxygen atoms in total. The maximum atomic E-state index is 13.9. The Bertz CT molecular complexity index is 1470. The van der Waals surface area contributed by atoms with Crippen LogP contribution in [-0.2, 0) is 19.4 Å². The van der Waals surface area contributed by atoms with Crippen LogP contribution in [0.5, 0.6) is 0 Å². The largest absolute Gasteiger partial charge is 0.366 e. The summed E-state index contributed by atoms with van der Waals surface area (Å²) in [5, 5.41) is 14.5. The van der Waals surface area contributed by atoms with E-state index in [0.717, 1.165) is 89.5 Å². The third-order valence-corrected chi connectivity index (χ3v) is 7.86. The molecule has 0 unspecified atom stereocenters. The van der Waals surface area contributed by atoms with E-state index in [4.69, 9.17) is 17.2 Å². The second-order valence-electron chi connectivity index (χ2n) is 10.2. The predicted molar refractivity (Wildman–Crippen MR) is 158 cm³/mol. The van der Waals surface area contributed by atoms with Gasteiger partial charge in [0.05, 0.1) is 11.5 Å². The lowest BCUT2D eigenvalue weighted by atomic mass is 9.98. The van der Waals surface area contributed by atoms with Crippen LogP contribution >= 0.6 is 12.2 Å². The number of aromatic nitrogens is 6. The Labute approximate surface area is 234 Å². The number of benzene rings is 2. The molecular formula is C30H35N7OS. The Morgan fingerprint density at radius 3 is 2.46 bits per heavy atom. The van der Waals surface area contributed by atoms with Crippen LogP contribution in [0.15, 0.2) is 53.3 Å². The summed E-state index contributed by atoms with van der Waals surface area (Å²) in [6.45, 7) is 6.55. The predicted octanol–water partition coefficient (Wildman–Crippen LogP) is 5.15. The average Bonchev–Trinajstić information content (AvgIpc) is 3.52. The van der Waals surface area contributed by atoms with E-state index in [1.807, 2.05) is 29.7 Å². The van der Waals surface area contributed by atoms with Gasteiger partial charge < -0.3 is 4.90 Å². The summed E-state index contributed by atoms with van der Waals surface area (Å²) in [5.74, 6) is 1.40. The van der Waals surface area contributed by atoms with Crippen molar-refractivity contribution in [3.05, 3.63) is 81.5 Å². The van der Waals surface area contributed by atoms with Crippen molar-refractivity contribution in [2.75, 3.05) is 13.1 Å². The fraction of sp³-hybridized carbons (Fsp3) is 0.400. The van der Waals surface area contributed by atoms with Crippen LogP contribution in [0.25, 0.3) is 22.5 Å². The number of hydrogen-bond donors (Lipinski definition) is 1. The van der Waals surface area contributed by atoms with Gasteiger partial charge in [-0.05, 0) is 54.5 Å². The molecule has 5 rings (SSSR count). The van der Waals surface area contributed by atoms with E-state index in [1.165, 1.54) is 6.42 Å². The van der Waals surface area contributed by atoms with Gasteiger partial charge in [-0.3, -0.25) is 9.36 Å². The number of tetrazole rings is 1. The zero-order valence-corrected chi connectivity index (χ0v) is 23.5. The first-order chi connectivity index (χ1) is 19.0. The first kappa shape index (κ1) is 26.9. The molecule has 1 N–H and O–H groups in total. The molecule has 202 valence electrons. The minimum atomic E-state index is 0.0273. The van der Waals surface area contributed by atoms with Crippen molar-refractivity contribution in [1.82, 2.24) is 35.1 Å². The highest BCUT2D eigenvalue weighted by Gasteiger charge is 2.20. The topological polar surface area (TPSA) is 92.6 Å². The van der Waals surface area contributed by atoms with Crippen molar-refractivity contribution in [1.29, 1.82) is 0 Å². The van der Waals surface area contributed by atoms with Crippen molar-refractivity contribution in [3.63, 3.8) is 0 Å². The zero-order valence-electron chi connectivity index (χ0n) is 22.7. The molecule has 0 amide bonds. The monoisotopic (exact) mass is 541 g/mol. The molecule has 0 atom stereocenters. The summed E-state index contributed by atoms with van der Waals surface area (Å²) in [7, 11) is 0. The number of unbranched alkanes of at least 4 members (excludes halogenated alkanes) is 1.